The molecule has 2 aromatic rings. The average Bonchev–Trinajstić information content (AvgIpc) is 2.99. The van der Waals surface area contributed by atoms with Gasteiger partial charge in [0.15, 0.2) is 16.6 Å². The number of aliphatic hydroxyl groups excluding tert-OH is 1. The average molecular weight is 521 g/mol. The molecule has 1 amide bonds. The van der Waals surface area contributed by atoms with Crippen LogP contribution in [0.25, 0.3) is 6.08 Å². The van der Waals surface area contributed by atoms with Crippen molar-refractivity contribution >= 4 is 50.9 Å². The van der Waals surface area contributed by atoms with E-state index in [1.165, 1.54) is 4.90 Å². The number of carbonyl (C=O) groups excluding carboxylic acids is 1. The maximum absolute atomic E-state index is 13.0. The summed E-state index contributed by atoms with van der Waals surface area (Å²) in [4.78, 5) is 16.2. The van der Waals surface area contributed by atoms with Gasteiger partial charge in [0, 0.05) is 17.2 Å². The number of thiocarbonyl (C=S) groups is 1. The number of likely N-dealkylation sites (N-methyl/N-ethyl adjacent to an activating group) is 1. The highest BCUT2D eigenvalue weighted by Crippen LogP contribution is 2.37. The van der Waals surface area contributed by atoms with Gasteiger partial charge in [-0.25, -0.2) is 0 Å². The van der Waals surface area contributed by atoms with Crippen LogP contribution >= 0.6 is 28.1 Å². The number of halogens is 1. The molecular formula is C23H25BrN2O5S. The first kappa shape index (κ1) is 24.0. The lowest BCUT2D eigenvalue weighted by Gasteiger charge is -2.19. The zero-order valence-electron chi connectivity index (χ0n) is 18.1. The minimum Gasteiger partial charge on any atom is -0.494 e. The van der Waals surface area contributed by atoms with Gasteiger partial charge in [-0.2, -0.15) is 0 Å². The third-order valence-corrected chi connectivity index (χ3v) is 5.80. The molecule has 1 fully saturated rings. The van der Waals surface area contributed by atoms with Gasteiger partial charge in [0.05, 0.1) is 19.8 Å². The van der Waals surface area contributed by atoms with E-state index in [-0.39, 0.29) is 19.1 Å². The van der Waals surface area contributed by atoms with E-state index in [1.54, 1.807) is 30.2 Å². The van der Waals surface area contributed by atoms with E-state index in [0.29, 0.717) is 40.0 Å². The topological polar surface area (TPSA) is 71.5 Å². The summed E-state index contributed by atoms with van der Waals surface area (Å²) in [5.41, 5.74) is 1.89. The fourth-order valence-corrected chi connectivity index (χ4v) is 3.91. The molecule has 0 spiro atoms. The summed E-state index contributed by atoms with van der Waals surface area (Å²) in [5, 5.41) is 9.45. The maximum Gasteiger partial charge on any atom is 0.276 e. The van der Waals surface area contributed by atoms with E-state index in [2.05, 4.69) is 15.9 Å². The number of ether oxygens (including phenoxy) is 3. The Balaban J connectivity index is 2.04. The summed E-state index contributed by atoms with van der Waals surface area (Å²) >= 11 is 9.10. The quantitative estimate of drug-likeness (QED) is 0.392. The van der Waals surface area contributed by atoms with Crippen molar-refractivity contribution in [1.29, 1.82) is 0 Å². The van der Waals surface area contributed by atoms with Gasteiger partial charge in [-0.1, -0.05) is 15.9 Å². The Morgan fingerprint density at radius 1 is 1.06 bits per heavy atom. The van der Waals surface area contributed by atoms with Gasteiger partial charge in [-0.15, -0.1) is 0 Å². The summed E-state index contributed by atoms with van der Waals surface area (Å²) in [6.07, 6.45) is 1.76. The van der Waals surface area contributed by atoms with E-state index < -0.39 is 0 Å². The first-order valence-corrected chi connectivity index (χ1v) is 11.4. The van der Waals surface area contributed by atoms with Crippen LogP contribution in [-0.4, -0.2) is 54.5 Å². The zero-order chi connectivity index (χ0) is 23.3. The fourth-order valence-electron chi connectivity index (χ4n) is 3.19. The SMILES string of the molecule is CCOc1ccc(N2C(=S)N(C)C(=O)C2=Cc2cc(OCC)c(OCCO)cc2Br)cc1. The molecule has 1 N–H and O–H groups in total. The van der Waals surface area contributed by atoms with E-state index in [1.807, 2.05) is 38.1 Å². The van der Waals surface area contributed by atoms with Crippen LogP contribution < -0.4 is 19.1 Å². The molecule has 0 aromatic heterocycles. The van der Waals surface area contributed by atoms with Crippen molar-refractivity contribution in [1.82, 2.24) is 4.90 Å². The van der Waals surface area contributed by atoms with Crippen molar-refractivity contribution in [2.24, 2.45) is 0 Å². The van der Waals surface area contributed by atoms with Gasteiger partial charge in [0.2, 0.25) is 0 Å². The summed E-state index contributed by atoms with van der Waals surface area (Å²) in [7, 11) is 1.65. The summed E-state index contributed by atoms with van der Waals surface area (Å²) in [6.45, 7) is 4.85. The molecule has 1 aliphatic rings. The number of rotatable bonds is 9. The predicted molar refractivity (Wildman–Crippen MR) is 131 cm³/mol. The Kier molecular flexibility index (Phi) is 8.11. The molecule has 9 heteroatoms. The van der Waals surface area contributed by atoms with Gasteiger partial charge in [-0.3, -0.25) is 14.6 Å². The number of anilines is 1. The Hall–Kier alpha value is -2.62. The molecule has 170 valence electrons. The third-order valence-electron chi connectivity index (χ3n) is 4.65. The van der Waals surface area contributed by atoms with Crippen molar-refractivity contribution in [3.8, 4) is 17.2 Å². The lowest BCUT2D eigenvalue weighted by atomic mass is 10.1. The van der Waals surface area contributed by atoms with Gasteiger partial charge >= 0.3 is 0 Å². The first-order chi connectivity index (χ1) is 15.4. The molecule has 0 atom stereocenters. The first-order valence-electron chi connectivity index (χ1n) is 10.2. The molecule has 0 radical (unpaired) electrons. The molecular weight excluding hydrogens is 496 g/mol. The number of hydrogen-bond donors (Lipinski definition) is 1. The van der Waals surface area contributed by atoms with Crippen molar-refractivity contribution in [2.75, 3.05) is 38.4 Å². The highest BCUT2D eigenvalue weighted by molar-refractivity contribution is 9.10. The Labute approximate surface area is 201 Å². The molecule has 7 nitrogen and oxygen atoms in total. The minimum atomic E-state index is -0.214. The van der Waals surface area contributed by atoms with Crippen molar-refractivity contribution < 1.29 is 24.1 Å². The summed E-state index contributed by atoms with van der Waals surface area (Å²) in [6, 6.07) is 11.0. The zero-order valence-corrected chi connectivity index (χ0v) is 20.5. The summed E-state index contributed by atoms with van der Waals surface area (Å²) < 4.78 is 17.5. The Morgan fingerprint density at radius 3 is 2.34 bits per heavy atom. The molecule has 0 saturated carbocycles. The van der Waals surface area contributed by atoms with Crippen LogP contribution in [0.5, 0.6) is 17.2 Å². The molecule has 0 bridgehead atoms. The fraction of sp³-hybridized carbons (Fsp3) is 0.304. The standard InChI is InChI=1S/C23H25BrN2O5S/c1-4-29-17-8-6-16(7-9-17)26-19(22(28)25(3)23(26)32)12-15-13-20(30-5-2)21(14-18(15)24)31-11-10-27/h6-9,12-14,27H,4-5,10-11H2,1-3H3. The van der Waals surface area contributed by atoms with Crippen LogP contribution in [0.15, 0.2) is 46.6 Å². The van der Waals surface area contributed by atoms with Crippen LogP contribution in [0.3, 0.4) is 0 Å². The van der Waals surface area contributed by atoms with Crippen LogP contribution in [0.4, 0.5) is 5.69 Å². The van der Waals surface area contributed by atoms with E-state index in [4.69, 9.17) is 31.5 Å². The second kappa shape index (κ2) is 10.8. The molecule has 1 saturated heterocycles. The predicted octanol–water partition coefficient (Wildman–Crippen LogP) is 4.22. The van der Waals surface area contributed by atoms with Crippen LogP contribution in [0.2, 0.25) is 0 Å². The maximum atomic E-state index is 13.0. The lowest BCUT2D eigenvalue weighted by molar-refractivity contribution is -0.121. The lowest BCUT2D eigenvalue weighted by Crippen LogP contribution is -2.29. The smallest absolute Gasteiger partial charge is 0.276 e. The van der Waals surface area contributed by atoms with Crippen LogP contribution in [0, 0.1) is 0 Å². The van der Waals surface area contributed by atoms with Gasteiger partial charge in [0.25, 0.3) is 5.91 Å². The number of amides is 1. The third kappa shape index (κ3) is 5.06. The molecule has 1 heterocycles. The molecule has 0 unspecified atom stereocenters. The molecule has 1 aliphatic heterocycles. The van der Waals surface area contributed by atoms with Crippen molar-refractivity contribution in [2.45, 2.75) is 13.8 Å². The Morgan fingerprint density at radius 2 is 1.72 bits per heavy atom. The van der Waals surface area contributed by atoms with Crippen LogP contribution in [0.1, 0.15) is 19.4 Å². The second-order valence-corrected chi connectivity index (χ2v) is 7.98. The Bertz CT molecular complexity index is 1030. The molecule has 0 aliphatic carbocycles. The summed E-state index contributed by atoms with van der Waals surface area (Å²) in [5.74, 6) is 1.55. The number of carbonyl (C=O) groups is 1. The molecule has 2 aromatic carbocycles. The van der Waals surface area contributed by atoms with Gasteiger partial charge < -0.3 is 19.3 Å². The van der Waals surface area contributed by atoms with E-state index in [0.717, 1.165) is 17.0 Å². The van der Waals surface area contributed by atoms with E-state index in [9.17, 15) is 4.79 Å². The molecule has 3 rings (SSSR count). The number of hydrogen-bond acceptors (Lipinski definition) is 6. The normalized spacial score (nSPS) is 15.0. The van der Waals surface area contributed by atoms with Crippen LogP contribution in [-0.2, 0) is 4.79 Å². The van der Waals surface area contributed by atoms with Gasteiger partial charge in [-0.05, 0) is 74.1 Å². The monoisotopic (exact) mass is 520 g/mol. The minimum absolute atomic E-state index is 0.107. The van der Waals surface area contributed by atoms with Crippen molar-refractivity contribution in [3.05, 3.63) is 52.1 Å². The van der Waals surface area contributed by atoms with Gasteiger partial charge in [0.1, 0.15) is 18.1 Å². The number of aliphatic hydroxyl groups is 1. The van der Waals surface area contributed by atoms with E-state index >= 15 is 0 Å². The number of nitrogens with zero attached hydrogens (tertiary/aromatic N) is 2. The highest BCUT2D eigenvalue weighted by Gasteiger charge is 2.36. The van der Waals surface area contributed by atoms with Crippen molar-refractivity contribution in [3.63, 3.8) is 0 Å². The highest BCUT2D eigenvalue weighted by atomic mass is 79.9. The molecule has 32 heavy (non-hydrogen) atoms. The number of benzene rings is 2. The largest absolute Gasteiger partial charge is 0.494 e. The second-order valence-electron chi connectivity index (χ2n) is 6.76.